The number of nitrogens with two attached hydrogens (primary N) is 1. The zero-order valence-electron chi connectivity index (χ0n) is 21.4. The lowest BCUT2D eigenvalue weighted by molar-refractivity contribution is -0.116. The molecule has 0 aliphatic heterocycles. The van der Waals surface area contributed by atoms with Gasteiger partial charge in [0.05, 0.1) is 25.1 Å². The average molecular weight is 500 g/mol. The van der Waals surface area contributed by atoms with E-state index in [1.165, 1.54) is 0 Å². The van der Waals surface area contributed by atoms with E-state index in [-0.39, 0.29) is 5.91 Å². The van der Waals surface area contributed by atoms with Crippen LogP contribution in [-0.4, -0.2) is 34.6 Å². The molecule has 0 aliphatic carbocycles. The molecule has 2 heterocycles. The predicted molar refractivity (Wildman–Crippen MR) is 147 cm³/mol. The Balaban J connectivity index is 1.26. The summed E-state index contributed by atoms with van der Waals surface area (Å²) in [5, 5.41) is 3.84. The van der Waals surface area contributed by atoms with E-state index in [4.69, 9.17) is 15.2 Å². The lowest BCUT2D eigenvalue weighted by Crippen LogP contribution is -2.12. The molecule has 4 aromatic rings. The van der Waals surface area contributed by atoms with E-state index in [2.05, 4.69) is 26.3 Å². The van der Waals surface area contributed by atoms with Crippen molar-refractivity contribution in [1.29, 1.82) is 0 Å². The second-order valence-electron chi connectivity index (χ2n) is 8.92. The molecule has 0 bridgehead atoms. The van der Waals surface area contributed by atoms with E-state index in [0.717, 1.165) is 65.6 Å². The zero-order valence-corrected chi connectivity index (χ0v) is 21.4. The molecule has 0 unspecified atom stereocenters. The number of methoxy groups -OCH3 is 1. The van der Waals surface area contributed by atoms with Gasteiger partial charge in [0.2, 0.25) is 11.8 Å². The monoisotopic (exact) mass is 499 g/mol. The third-order valence-corrected chi connectivity index (χ3v) is 6.22. The summed E-state index contributed by atoms with van der Waals surface area (Å²) >= 11 is 0. The van der Waals surface area contributed by atoms with E-state index in [9.17, 15) is 4.79 Å². The van der Waals surface area contributed by atoms with Gasteiger partial charge < -0.3 is 20.5 Å². The first kappa shape index (κ1) is 25.9. The van der Waals surface area contributed by atoms with Gasteiger partial charge in [-0.05, 0) is 55.7 Å². The normalized spacial score (nSPS) is 10.9. The van der Waals surface area contributed by atoms with Crippen LogP contribution in [0.25, 0.3) is 22.0 Å². The molecule has 0 fully saturated rings. The standard InChI is InChI=1S/C29H33N5O3/c1-20-23-16-22(21-13-14-28(36-2)31-18-21)17-26(29(23)33-19-32-20)37-15-9-5-3-4-6-12-27(35)34-25-11-8-7-10-24(25)30/h7-8,10-11,13-14,16-19H,3-6,9,12,15,30H2,1-2H3,(H,34,35). The fourth-order valence-electron chi connectivity index (χ4n) is 4.13. The second-order valence-corrected chi connectivity index (χ2v) is 8.92. The van der Waals surface area contributed by atoms with Gasteiger partial charge in [-0.15, -0.1) is 0 Å². The number of unbranched alkanes of at least 4 members (excludes halogenated alkanes) is 4. The first-order valence-corrected chi connectivity index (χ1v) is 12.6. The summed E-state index contributed by atoms with van der Waals surface area (Å²) in [6.07, 6.45) is 8.69. The number of anilines is 2. The van der Waals surface area contributed by atoms with E-state index < -0.39 is 0 Å². The molecule has 192 valence electrons. The number of ether oxygens (including phenoxy) is 2. The molecule has 2 aromatic heterocycles. The van der Waals surface area contributed by atoms with Gasteiger partial charge in [0, 0.05) is 35.3 Å². The van der Waals surface area contributed by atoms with Crippen LogP contribution in [0, 0.1) is 6.92 Å². The highest BCUT2D eigenvalue weighted by Gasteiger charge is 2.11. The highest BCUT2D eigenvalue weighted by Crippen LogP contribution is 2.32. The van der Waals surface area contributed by atoms with Gasteiger partial charge in [0.25, 0.3) is 0 Å². The van der Waals surface area contributed by atoms with Crippen LogP contribution in [0.4, 0.5) is 11.4 Å². The number of nitrogen functional groups attached to an aromatic ring is 1. The van der Waals surface area contributed by atoms with Gasteiger partial charge in [0.15, 0.2) is 0 Å². The van der Waals surface area contributed by atoms with Gasteiger partial charge in [-0.25, -0.2) is 15.0 Å². The molecule has 37 heavy (non-hydrogen) atoms. The van der Waals surface area contributed by atoms with Crippen LogP contribution in [0.5, 0.6) is 11.6 Å². The van der Waals surface area contributed by atoms with Crippen molar-refractivity contribution in [2.24, 2.45) is 0 Å². The zero-order chi connectivity index (χ0) is 26.0. The quantitative estimate of drug-likeness (QED) is 0.183. The molecule has 4 rings (SSSR count). The maximum absolute atomic E-state index is 12.1. The summed E-state index contributed by atoms with van der Waals surface area (Å²) in [6.45, 7) is 2.56. The van der Waals surface area contributed by atoms with Crippen molar-refractivity contribution in [2.75, 3.05) is 24.8 Å². The number of hydrogen-bond acceptors (Lipinski definition) is 7. The summed E-state index contributed by atoms with van der Waals surface area (Å²) in [7, 11) is 1.60. The summed E-state index contributed by atoms with van der Waals surface area (Å²) in [5.41, 5.74) is 10.8. The van der Waals surface area contributed by atoms with Crippen LogP contribution >= 0.6 is 0 Å². The Morgan fingerprint density at radius 3 is 2.54 bits per heavy atom. The third kappa shape index (κ3) is 6.94. The number of pyridine rings is 1. The van der Waals surface area contributed by atoms with Crippen molar-refractivity contribution < 1.29 is 14.3 Å². The minimum Gasteiger partial charge on any atom is -0.491 e. The number of fused-ring (bicyclic) bond motifs is 1. The number of carbonyl (C=O) groups excluding carboxylic acids is 1. The van der Waals surface area contributed by atoms with E-state index in [0.29, 0.717) is 30.3 Å². The third-order valence-electron chi connectivity index (χ3n) is 6.22. The SMILES string of the molecule is COc1ccc(-c2cc(OCCCCCCCC(=O)Nc3ccccc3N)c3ncnc(C)c3c2)cn1. The maximum Gasteiger partial charge on any atom is 0.224 e. The molecule has 0 aliphatic rings. The number of nitrogens with one attached hydrogen (secondary N) is 1. The lowest BCUT2D eigenvalue weighted by Gasteiger charge is -2.13. The molecule has 0 saturated heterocycles. The summed E-state index contributed by atoms with van der Waals surface area (Å²) < 4.78 is 11.4. The smallest absolute Gasteiger partial charge is 0.224 e. The van der Waals surface area contributed by atoms with Gasteiger partial charge in [-0.1, -0.05) is 31.4 Å². The van der Waals surface area contributed by atoms with Crippen molar-refractivity contribution in [3.63, 3.8) is 0 Å². The Kier molecular flexibility index (Phi) is 8.86. The number of aromatic nitrogens is 3. The average Bonchev–Trinajstić information content (AvgIpc) is 2.91. The molecular weight excluding hydrogens is 466 g/mol. The minimum absolute atomic E-state index is 0.00247. The predicted octanol–water partition coefficient (Wildman–Crippen LogP) is 5.95. The number of benzene rings is 2. The number of nitrogens with zero attached hydrogens (tertiary/aromatic N) is 3. The number of carbonyl (C=O) groups is 1. The number of para-hydroxylation sites is 2. The van der Waals surface area contributed by atoms with Crippen molar-refractivity contribution in [2.45, 2.75) is 45.4 Å². The Hall–Kier alpha value is -4.20. The molecule has 8 heteroatoms. The van der Waals surface area contributed by atoms with E-state index in [1.807, 2.05) is 43.3 Å². The molecular formula is C29H33N5O3. The molecule has 8 nitrogen and oxygen atoms in total. The summed E-state index contributed by atoms with van der Waals surface area (Å²) in [6, 6.07) is 15.2. The fraction of sp³-hybridized carbons (Fsp3) is 0.310. The van der Waals surface area contributed by atoms with Gasteiger partial charge in [-0.2, -0.15) is 0 Å². The number of amides is 1. The molecule has 3 N–H and O–H groups in total. The van der Waals surface area contributed by atoms with Gasteiger partial charge in [-0.3, -0.25) is 4.79 Å². The Morgan fingerprint density at radius 2 is 1.76 bits per heavy atom. The number of rotatable bonds is 12. The van der Waals surface area contributed by atoms with Crippen LogP contribution in [-0.2, 0) is 4.79 Å². The van der Waals surface area contributed by atoms with Crippen LogP contribution in [0.1, 0.15) is 44.2 Å². The lowest BCUT2D eigenvalue weighted by atomic mass is 10.0. The largest absolute Gasteiger partial charge is 0.491 e. The fourth-order valence-corrected chi connectivity index (χ4v) is 4.13. The number of hydrogen-bond donors (Lipinski definition) is 2. The molecule has 1 amide bonds. The second kappa shape index (κ2) is 12.7. The summed E-state index contributed by atoms with van der Waals surface area (Å²) in [5.74, 6) is 1.31. The van der Waals surface area contributed by atoms with Crippen molar-refractivity contribution in [3.05, 3.63) is 66.7 Å². The first-order valence-electron chi connectivity index (χ1n) is 12.6. The highest BCUT2D eigenvalue weighted by molar-refractivity contribution is 5.93. The van der Waals surface area contributed by atoms with Crippen molar-refractivity contribution in [1.82, 2.24) is 15.0 Å². The van der Waals surface area contributed by atoms with E-state index in [1.54, 1.807) is 25.7 Å². The van der Waals surface area contributed by atoms with Crippen molar-refractivity contribution >= 4 is 28.2 Å². The molecule has 0 atom stereocenters. The molecule has 2 aromatic carbocycles. The number of aryl methyl sites for hydroxylation is 1. The molecule has 0 radical (unpaired) electrons. The minimum atomic E-state index is -0.00247. The Morgan fingerprint density at radius 1 is 0.946 bits per heavy atom. The maximum atomic E-state index is 12.1. The van der Waals surface area contributed by atoms with E-state index >= 15 is 0 Å². The van der Waals surface area contributed by atoms with Crippen LogP contribution in [0.2, 0.25) is 0 Å². The molecule has 0 saturated carbocycles. The molecule has 0 spiro atoms. The topological polar surface area (TPSA) is 112 Å². The highest BCUT2D eigenvalue weighted by atomic mass is 16.5. The van der Waals surface area contributed by atoms with Gasteiger partial charge in [0.1, 0.15) is 17.6 Å². The van der Waals surface area contributed by atoms with Gasteiger partial charge >= 0.3 is 0 Å². The van der Waals surface area contributed by atoms with Crippen molar-refractivity contribution in [3.8, 4) is 22.8 Å². The summed E-state index contributed by atoms with van der Waals surface area (Å²) in [4.78, 5) is 25.3. The van der Waals surface area contributed by atoms with Crippen LogP contribution in [0.3, 0.4) is 0 Å². The van der Waals surface area contributed by atoms with Crippen LogP contribution < -0.4 is 20.5 Å². The Bertz CT molecular complexity index is 1340. The first-order chi connectivity index (χ1) is 18.0. The van der Waals surface area contributed by atoms with Crippen LogP contribution in [0.15, 0.2) is 61.1 Å². The Labute approximate surface area is 217 Å².